The van der Waals surface area contributed by atoms with Gasteiger partial charge >= 0.3 is 0 Å². The number of hydrogen-bond acceptors (Lipinski definition) is 1. The molecule has 2 aromatic carbocycles. The summed E-state index contributed by atoms with van der Waals surface area (Å²) in [6.45, 7) is 2.23. The van der Waals surface area contributed by atoms with Crippen molar-refractivity contribution < 1.29 is 0 Å². The van der Waals surface area contributed by atoms with E-state index in [1.165, 1.54) is 16.7 Å². The third-order valence-corrected chi connectivity index (χ3v) is 4.70. The van der Waals surface area contributed by atoms with E-state index in [2.05, 4.69) is 49.4 Å². The second kappa shape index (κ2) is 3.11. The van der Waals surface area contributed by atoms with Crippen molar-refractivity contribution in [2.45, 2.75) is 24.7 Å². The maximum Gasteiger partial charge on any atom is 0.0492 e. The molecular weight excluding hydrogens is 218 g/mol. The fourth-order valence-corrected chi connectivity index (χ4v) is 3.77. The second-order valence-corrected chi connectivity index (χ2v) is 5.64. The Bertz CT molecular complexity index is 671. The Hall–Kier alpha value is -1.89. The van der Waals surface area contributed by atoms with Gasteiger partial charge in [-0.2, -0.15) is 0 Å². The smallest absolute Gasteiger partial charge is 0.0492 e. The lowest BCUT2D eigenvalue weighted by Crippen LogP contribution is -2.34. The van der Waals surface area contributed by atoms with Gasteiger partial charge in [-0.15, -0.1) is 0 Å². The zero-order valence-electron chi connectivity index (χ0n) is 10.4. The Kier molecular flexibility index (Phi) is 1.74. The van der Waals surface area contributed by atoms with E-state index in [0.29, 0.717) is 5.92 Å². The van der Waals surface area contributed by atoms with E-state index >= 15 is 0 Å². The van der Waals surface area contributed by atoms with E-state index in [-0.39, 0.29) is 5.41 Å². The lowest BCUT2D eigenvalue weighted by atomic mass is 9.70. The van der Waals surface area contributed by atoms with Crippen LogP contribution in [0.15, 0.2) is 48.5 Å². The molecule has 0 fully saturated rings. The van der Waals surface area contributed by atoms with E-state index in [1.807, 2.05) is 6.07 Å². The van der Waals surface area contributed by atoms with Gasteiger partial charge in [0, 0.05) is 17.0 Å². The molecule has 2 aliphatic carbocycles. The highest BCUT2D eigenvalue weighted by Gasteiger charge is 2.48. The van der Waals surface area contributed by atoms with Gasteiger partial charge in [0.25, 0.3) is 0 Å². The van der Waals surface area contributed by atoms with Gasteiger partial charge in [-0.3, -0.25) is 0 Å². The Balaban J connectivity index is 2.09. The molecule has 2 unspecified atom stereocenters. The molecule has 0 heterocycles. The van der Waals surface area contributed by atoms with Crippen LogP contribution in [0.3, 0.4) is 0 Å². The third-order valence-electron chi connectivity index (χ3n) is 4.70. The quantitative estimate of drug-likeness (QED) is 0.714. The number of nitrogens with one attached hydrogen (secondary N) is 1. The normalized spacial score (nSPS) is 27.8. The lowest BCUT2D eigenvalue weighted by molar-refractivity contribution is 0.574. The average molecular weight is 233 g/mol. The van der Waals surface area contributed by atoms with Crippen LogP contribution in [0.2, 0.25) is 0 Å². The summed E-state index contributed by atoms with van der Waals surface area (Å²) in [5, 5.41) is 8.58. The summed E-state index contributed by atoms with van der Waals surface area (Å²) in [6.07, 6.45) is 1.06. The molecule has 1 heteroatoms. The van der Waals surface area contributed by atoms with Gasteiger partial charge in [-0.25, -0.2) is 0 Å². The molecule has 0 saturated heterocycles. The van der Waals surface area contributed by atoms with Crippen molar-refractivity contribution in [2.75, 3.05) is 0 Å². The molecule has 2 bridgehead atoms. The van der Waals surface area contributed by atoms with Gasteiger partial charge < -0.3 is 5.41 Å². The molecule has 2 aromatic rings. The zero-order valence-corrected chi connectivity index (χ0v) is 10.4. The SMILES string of the molecule is CC12CC(c3ccccc3C1=N)c1ccccc12. The van der Waals surface area contributed by atoms with Gasteiger partial charge in [-0.1, -0.05) is 48.5 Å². The maximum absolute atomic E-state index is 8.58. The molecule has 88 valence electrons. The minimum Gasteiger partial charge on any atom is -0.304 e. The number of benzene rings is 2. The molecule has 2 aliphatic rings. The van der Waals surface area contributed by atoms with Crippen molar-refractivity contribution in [3.05, 3.63) is 70.8 Å². The average Bonchev–Trinajstić information content (AvgIpc) is 2.70. The molecule has 0 spiro atoms. The second-order valence-electron chi connectivity index (χ2n) is 5.64. The van der Waals surface area contributed by atoms with Crippen LogP contribution in [0.1, 0.15) is 41.5 Å². The fraction of sp³-hybridized carbons (Fsp3) is 0.235. The largest absolute Gasteiger partial charge is 0.304 e. The highest BCUT2D eigenvalue weighted by molar-refractivity contribution is 6.09. The van der Waals surface area contributed by atoms with Crippen LogP contribution in [0.4, 0.5) is 0 Å². The zero-order chi connectivity index (χ0) is 12.3. The molecule has 0 aliphatic heterocycles. The highest BCUT2D eigenvalue weighted by Crippen LogP contribution is 2.54. The fourth-order valence-electron chi connectivity index (χ4n) is 3.77. The summed E-state index contributed by atoms with van der Waals surface area (Å²) in [5.41, 5.74) is 5.97. The Morgan fingerprint density at radius 1 is 1.00 bits per heavy atom. The first-order valence-corrected chi connectivity index (χ1v) is 6.49. The maximum atomic E-state index is 8.58. The first-order valence-electron chi connectivity index (χ1n) is 6.49. The number of fused-ring (bicyclic) bond motifs is 7. The van der Waals surface area contributed by atoms with Crippen LogP contribution in [0, 0.1) is 5.41 Å². The van der Waals surface area contributed by atoms with Gasteiger partial charge in [0.1, 0.15) is 0 Å². The van der Waals surface area contributed by atoms with Gasteiger partial charge in [0.05, 0.1) is 0 Å². The monoisotopic (exact) mass is 233 g/mol. The minimum absolute atomic E-state index is 0.0877. The summed E-state index contributed by atoms with van der Waals surface area (Å²) in [5.74, 6) is 0.483. The van der Waals surface area contributed by atoms with Crippen molar-refractivity contribution in [1.82, 2.24) is 0 Å². The summed E-state index contributed by atoms with van der Waals surface area (Å²) in [6, 6.07) is 17.1. The van der Waals surface area contributed by atoms with Crippen LogP contribution in [-0.2, 0) is 5.41 Å². The van der Waals surface area contributed by atoms with Crippen LogP contribution in [0.25, 0.3) is 0 Å². The van der Waals surface area contributed by atoms with E-state index in [0.717, 1.165) is 17.7 Å². The Morgan fingerprint density at radius 3 is 2.50 bits per heavy atom. The molecule has 2 atom stereocenters. The van der Waals surface area contributed by atoms with E-state index in [4.69, 9.17) is 5.41 Å². The minimum atomic E-state index is -0.0877. The first kappa shape index (κ1) is 10.1. The topological polar surface area (TPSA) is 23.9 Å². The van der Waals surface area contributed by atoms with Crippen molar-refractivity contribution in [1.29, 1.82) is 5.41 Å². The van der Waals surface area contributed by atoms with Gasteiger partial charge in [0.2, 0.25) is 0 Å². The molecule has 1 N–H and O–H groups in total. The van der Waals surface area contributed by atoms with Crippen LogP contribution in [0.5, 0.6) is 0 Å². The van der Waals surface area contributed by atoms with Crippen LogP contribution < -0.4 is 0 Å². The van der Waals surface area contributed by atoms with Gasteiger partial charge in [0.15, 0.2) is 0 Å². The molecule has 0 aromatic heterocycles. The Morgan fingerprint density at radius 2 is 1.67 bits per heavy atom. The summed E-state index contributed by atoms with van der Waals surface area (Å²) in [7, 11) is 0. The number of hydrogen-bond donors (Lipinski definition) is 1. The van der Waals surface area contributed by atoms with E-state index in [1.54, 1.807) is 0 Å². The summed E-state index contributed by atoms with van der Waals surface area (Å²) in [4.78, 5) is 0. The third kappa shape index (κ3) is 1.01. The molecule has 1 nitrogen and oxygen atoms in total. The standard InChI is InChI=1S/C17H15N/c1-17-10-14(12-7-4-5-9-15(12)17)11-6-2-3-8-13(11)16(17)18/h2-9,14,18H,10H2,1H3. The predicted molar refractivity (Wildman–Crippen MR) is 73.5 cm³/mol. The van der Waals surface area contributed by atoms with Crippen molar-refractivity contribution >= 4 is 5.71 Å². The summed E-state index contributed by atoms with van der Waals surface area (Å²) < 4.78 is 0. The molecular formula is C17H15N. The van der Waals surface area contributed by atoms with Crippen molar-refractivity contribution in [2.24, 2.45) is 0 Å². The number of rotatable bonds is 0. The summed E-state index contributed by atoms with van der Waals surface area (Å²) >= 11 is 0. The van der Waals surface area contributed by atoms with Crippen LogP contribution in [-0.4, -0.2) is 5.71 Å². The Labute approximate surface area is 107 Å². The van der Waals surface area contributed by atoms with Crippen molar-refractivity contribution in [3.63, 3.8) is 0 Å². The van der Waals surface area contributed by atoms with Crippen LogP contribution >= 0.6 is 0 Å². The van der Waals surface area contributed by atoms with Crippen molar-refractivity contribution in [3.8, 4) is 0 Å². The molecule has 0 saturated carbocycles. The van der Waals surface area contributed by atoms with E-state index < -0.39 is 0 Å². The molecule has 4 rings (SSSR count). The predicted octanol–water partition coefficient (Wildman–Crippen LogP) is 3.86. The highest BCUT2D eigenvalue weighted by atomic mass is 14.6. The molecule has 0 amide bonds. The molecule has 18 heavy (non-hydrogen) atoms. The van der Waals surface area contributed by atoms with E-state index in [9.17, 15) is 0 Å². The molecule has 0 radical (unpaired) electrons. The van der Waals surface area contributed by atoms with Gasteiger partial charge in [-0.05, 0) is 35.6 Å². The lowest BCUT2D eigenvalue weighted by Gasteiger charge is -2.32. The first-order chi connectivity index (χ1) is 8.72.